The van der Waals surface area contributed by atoms with Crippen molar-refractivity contribution in [1.82, 2.24) is 37.2 Å². The van der Waals surface area contributed by atoms with E-state index in [0.717, 1.165) is 51.4 Å². The quantitative estimate of drug-likeness (QED) is 0.0169. The molecule has 1 rings (SSSR count). The summed E-state index contributed by atoms with van der Waals surface area (Å²) in [6, 6.07) is -9.44. The van der Waals surface area contributed by atoms with Crippen molar-refractivity contribution in [2.45, 2.75) is 298 Å². The molecule has 7 amide bonds. The average molecular weight is 1240 g/mol. The average Bonchev–Trinajstić information content (AvgIpc) is 2.79. The molecule has 4 unspecified atom stereocenters. The number of hydrogen-bond donors (Lipinski definition) is 9. The van der Waals surface area contributed by atoms with Crippen molar-refractivity contribution >= 4 is 59.3 Å². The zero-order valence-electron chi connectivity index (χ0n) is 55.1. The predicted octanol–water partition coefficient (Wildman–Crippen LogP) is 7.21. The highest BCUT2D eigenvalue weighted by Gasteiger charge is 2.38. The molecule has 1 aliphatic rings. The van der Waals surface area contributed by atoms with Gasteiger partial charge in [0.05, 0.1) is 26.1 Å². The summed E-state index contributed by atoms with van der Waals surface area (Å²) in [6.45, 7) is 20.4. The zero-order chi connectivity index (χ0) is 65.3. The molecule has 1 heterocycles. The zero-order valence-corrected chi connectivity index (χ0v) is 55.1. The maximum atomic E-state index is 14.6. The second-order valence-corrected chi connectivity index (χ2v) is 25.9. The number of aliphatic hydroxyl groups is 2. The molecule has 0 aromatic rings. The minimum absolute atomic E-state index is 0.00360. The molecule has 0 aliphatic carbocycles. The summed E-state index contributed by atoms with van der Waals surface area (Å²) in [4.78, 5) is 143. The van der Waals surface area contributed by atoms with Gasteiger partial charge in [-0.2, -0.15) is 0 Å². The molecule has 0 aromatic carbocycles. The second kappa shape index (κ2) is 46.7. The van der Waals surface area contributed by atoms with E-state index in [9.17, 15) is 53.1 Å². The molecule has 0 bridgehead atoms. The van der Waals surface area contributed by atoms with E-state index in [0.29, 0.717) is 44.9 Å². The van der Waals surface area contributed by atoms with Gasteiger partial charge in [-0.15, -0.1) is 0 Å². The lowest BCUT2D eigenvalue weighted by molar-refractivity contribution is -0.155. The standard InChI is InChI=1S/C65H117N7O15/c1-12-13-14-15-16-17-18-19-20-25-30-48-41-55(75)66-49(31-32-56(76)85-35-28-23-21-26-33-73)59(78)67-50(37-43(2)3)60(79)69-52(39-45(6)7)63(82)72-58(47(10)11)64(83)70-53(42-57(77)86-36-29-24-22-27-34-74)62(81)68-51(38-44(4)5)61(80)71-54(40-46(8)9)65(84)87-48/h43-54,58,73-74H,12-42H2,1-11H3,(H,66,75)(H,67,78)(H,68,81)(H,69,79)(H,70,83)(H,71,80)(H,72,82)/t48?,49-,50?,51+,52+,53?,54?,58-/m0/s1. The topological polar surface area (TPSA) is 323 Å². The predicted molar refractivity (Wildman–Crippen MR) is 334 cm³/mol. The van der Waals surface area contributed by atoms with Crippen LogP contribution in [0, 0.1) is 29.6 Å². The van der Waals surface area contributed by atoms with Gasteiger partial charge in [0.15, 0.2) is 0 Å². The second-order valence-electron chi connectivity index (χ2n) is 25.9. The largest absolute Gasteiger partial charge is 0.466 e. The van der Waals surface area contributed by atoms with E-state index in [-0.39, 0.29) is 95.0 Å². The van der Waals surface area contributed by atoms with Crippen LogP contribution >= 0.6 is 0 Å². The number of amides is 7. The number of esters is 3. The van der Waals surface area contributed by atoms with Crippen LogP contribution in [0.15, 0.2) is 0 Å². The Balaban J connectivity index is 4.07. The van der Waals surface area contributed by atoms with Crippen LogP contribution in [-0.4, -0.2) is 144 Å². The van der Waals surface area contributed by atoms with E-state index < -0.39 is 126 Å². The Morgan fingerprint density at radius 2 is 0.816 bits per heavy atom. The lowest BCUT2D eigenvalue weighted by Crippen LogP contribution is -2.61. The molecule has 1 fully saturated rings. The molecule has 8 atom stereocenters. The van der Waals surface area contributed by atoms with E-state index in [1.54, 1.807) is 13.8 Å². The fraction of sp³-hybridized carbons (Fsp3) is 0.846. The first kappa shape index (κ1) is 79.6. The van der Waals surface area contributed by atoms with E-state index >= 15 is 0 Å². The third-order valence-corrected chi connectivity index (χ3v) is 15.1. The molecule has 0 saturated carbocycles. The highest BCUT2D eigenvalue weighted by Crippen LogP contribution is 2.20. The van der Waals surface area contributed by atoms with Crippen LogP contribution in [0.5, 0.6) is 0 Å². The van der Waals surface area contributed by atoms with Gasteiger partial charge >= 0.3 is 17.9 Å². The van der Waals surface area contributed by atoms with Crippen LogP contribution in [0.3, 0.4) is 0 Å². The molecule has 502 valence electrons. The van der Waals surface area contributed by atoms with Gasteiger partial charge < -0.3 is 61.6 Å². The van der Waals surface area contributed by atoms with Crippen molar-refractivity contribution in [2.75, 3.05) is 26.4 Å². The van der Waals surface area contributed by atoms with Crippen LogP contribution in [-0.2, 0) is 62.2 Å². The Bertz CT molecular complexity index is 2040. The van der Waals surface area contributed by atoms with Crippen molar-refractivity contribution in [3.8, 4) is 0 Å². The molecule has 9 N–H and O–H groups in total. The van der Waals surface area contributed by atoms with E-state index in [1.165, 1.54) is 19.3 Å². The van der Waals surface area contributed by atoms with E-state index in [2.05, 4.69) is 44.1 Å². The van der Waals surface area contributed by atoms with Gasteiger partial charge in [0.2, 0.25) is 41.4 Å². The van der Waals surface area contributed by atoms with Crippen molar-refractivity contribution in [2.24, 2.45) is 29.6 Å². The Morgan fingerprint density at radius 3 is 1.28 bits per heavy atom. The SMILES string of the molecule is CCCCCCCCCCCCC1CC(=O)N[C@@H](CCC(=O)OCCCCCCO)C(=O)NC(CC(C)C)C(=O)N[C@H](CC(C)C)C(=O)N[C@@H](C(C)C)C(=O)NC(CC(=O)OCCCCCCO)C(=O)N[C@H](CC(C)C)C(=O)NC(CC(C)C)C(=O)O1. The van der Waals surface area contributed by atoms with Crippen LogP contribution in [0.2, 0.25) is 0 Å². The van der Waals surface area contributed by atoms with Crippen LogP contribution in [0.4, 0.5) is 0 Å². The first-order chi connectivity index (χ1) is 41.3. The normalized spacial score (nSPS) is 22.0. The van der Waals surface area contributed by atoms with Gasteiger partial charge in [-0.1, -0.05) is 147 Å². The molecule has 0 radical (unpaired) electrons. The van der Waals surface area contributed by atoms with Crippen molar-refractivity contribution in [3.05, 3.63) is 0 Å². The molecular formula is C65H117N7O15. The summed E-state index contributed by atoms with van der Waals surface area (Å²) >= 11 is 0. The van der Waals surface area contributed by atoms with Crippen LogP contribution in [0.25, 0.3) is 0 Å². The number of aliphatic hydroxyl groups excluding tert-OH is 2. The number of cyclic esters (lactones) is 1. The van der Waals surface area contributed by atoms with Crippen LogP contribution in [0.1, 0.15) is 250 Å². The number of carbonyl (C=O) groups excluding carboxylic acids is 10. The Morgan fingerprint density at radius 1 is 0.437 bits per heavy atom. The Hall–Kier alpha value is -5.38. The maximum Gasteiger partial charge on any atom is 0.328 e. The number of rotatable bonds is 37. The molecule has 0 spiro atoms. The Kier molecular flexibility index (Phi) is 42.7. The summed E-state index contributed by atoms with van der Waals surface area (Å²) in [6.07, 6.45) is 13.3. The minimum atomic E-state index is -1.63. The molecular weight excluding hydrogens is 1120 g/mol. The summed E-state index contributed by atoms with van der Waals surface area (Å²) < 4.78 is 17.1. The van der Waals surface area contributed by atoms with E-state index in [1.807, 2.05) is 55.4 Å². The lowest BCUT2D eigenvalue weighted by atomic mass is 9.98. The number of unbranched alkanes of at least 4 members (excludes halogenated alkanes) is 15. The third-order valence-electron chi connectivity index (χ3n) is 15.1. The number of nitrogens with one attached hydrogen (secondary N) is 7. The van der Waals surface area contributed by atoms with Crippen molar-refractivity contribution in [1.29, 1.82) is 0 Å². The van der Waals surface area contributed by atoms with Crippen LogP contribution < -0.4 is 37.2 Å². The lowest BCUT2D eigenvalue weighted by Gasteiger charge is -2.30. The summed E-state index contributed by atoms with van der Waals surface area (Å²) in [7, 11) is 0. The summed E-state index contributed by atoms with van der Waals surface area (Å²) in [5, 5.41) is 37.6. The number of hydrogen-bond acceptors (Lipinski definition) is 15. The smallest absolute Gasteiger partial charge is 0.328 e. The number of carbonyl (C=O) groups is 10. The maximum absolute atomic E-state index is 14.6. The minimum Gasteiger partial charge on any atom is -0.466 e. The molecule has 1 saturated heterocycles. The van der Waals surface area contributed by atoms with Gasteiger partial charge in [0.1, 0.15) is 48.4 Å². The number of ether oxygens (including phenoxy) is 3. The monoisotopic (exact) mass is 1240 g/mol. The van der Waals surface area contributed by atoms with Gasteiger partial charge in [-0.05, 0) is 113 Å². The van der Waals surface area contributed by atoms with E-state index in [4.69, 9.17) is 19.3 Å². The van der Waals surface area contributed by atoms with Gasteiger partial charge in [0.25, 0.3) is 0 Å². The molecule has 1 aliphatic heterocycles. The fourth-order valence-corrected chi connectivity index (χ4v) is 10.2. The molecule has 22 heteroatoms. The first-order valence-electron chi connectivity index (χ1n) is 33.2. The Labute approximate surface area is 520 Å². The summed E-state index contributed by atoms with van der Waals surface area (Å²) in [5.74, 6) is -9.15. The van der Waals surface area contributed by atoms with Crippen molar-refractivity contribution in [3.63, 3.8) is 0 Å². The van der Waals surface area contributed by atoms with Gasteiger partial charge in [-0.3, -0.25) is 43.2 Å². The first-order valence-corrected chi connectivity index (χ1v) is 33.2. The highest BCUT2D eigenvalue weighted by atomic mass is 16.5. The molecule has 22 nitrogen and oxygen atoms in total. The van der Waals surface area contributed by atoms with Crippen molar-refractivity contribution < 1.29 is 72.4 Å². The molecule has 87 heavy (non-hydrogen) atoms. The highest BCUT2D eigenvalue weighted by molar-refractivity contribution is 5.98. The summed E-state index contributed by atoms with van der Waals surface area (Å²) in [5.41, 5.74) is 0. The van der Waals surface area contributed by atoms with Gasteiger partial charge in [-0.25, -0.2) is 4.79 Å². The van der Waals surface area contributed by atoms with Gasteiger partial charge in [0, 0.05) is 19.6 Å². The fourth-order valence-electron chi connectivity index (χ4n) is 10.2. The third kappa shape index (κ3) is 37.3. The molecule has 0 aromatic heterocycles.